The third-order valence-electron chi connectivity index (χ3n) is 4.97. The van der Waals surface area contributed by atoms with Gasteiger partial charge in [0.1, 0.15) is 0 Å². The van der Waals surface area contributed by atoms with Gasteiger partial charge in [0, 0.05) is 18.5 Å². The third kappa shape index (κ3) is 8.30. The van der Waals surface area contributed by atoms with Gasteiger partial charge in [0.25, 0.3) is 0 Å². The van der Waals surface area contributed by atoms with Crippen LogP contribution in [0, 0.1) is 11.8 Å². The first kappa shape index (κ1) is 23.4. The predicted molar refractivity (Wildman–Crippen MR) is 118 cm³/mol. The van der Waals surface area contributed by atoms with Crippen molar-refractivity contribution in [1.29, 1.82) is 0 Å². The second-order valence-electron chi connectivity index (χ2n) is 7.07. The van der Waals surface area contributed by atoms with E-state index in [2.05, 4.69) is 31.0 Å². The number of hydrazone groups is 2. The lowest BCUT2D eigenvalue weighted by atomic mass is 9.90. The van der Waals surface area contributed by atoms with Gasteiger partial charge in [-0.2, -0.15) is 20.2 Å². The van der Waals surface area contributed by atoms with Crippen LogP contribution in [0.4, 0.5) is 17.6 Å². The molecule has 152 valence electrons. The second-order valence-corrected chi connectivity index (χ2v) is 7.07. The molecule has 0 aliphatic heterocycles. The van der Waals surface area contributed by atoms with E-state index in [0.717, 1.165) is 0 Å². The third-order valence-corrected chi connectivity index (χ3v) is 4.97. The van der Waals surface area contributed by atoms with E-state index in [1.807, 2.05) is 12.4 Å². The normalized spacial score (nSPS) is 18.8. The Morgan fingerprint density at radius 1 is 0.778 bits per heavy atom. The number of nitrogens with one attached hydrogen (secondary N) is 2. The van der Waals surface area contributed by atoms with E-state index in [0.29, 0.717) is 23.5 Å². The maximum absolute atomic E-state index is 5.78. The molecule has 0 aromatic carbocycles. The van der Waals surface area contributed by atoms with E-state index in [9.17, 15) is 0 Å². The summed E-state index contributed by atoms with van der Waals surface area (Å²) in [5.74, 6) is 2.49. The van der Waals surface area contributed by atoms with Crippen LogP contribution >= 0.6 is 24.8 Å². The molecule has 3 rings (SSSR count). The Morgan fingerprint density at radius 2 is 1.19 bits per heavy atom. The minimum atomic E-state index is 0. The molecule has 0 spiro atoms. The smallest absolute Gasteiger partial charge is 0.224 e. The first-order valence-corrected chi connectivity index (χ1v) is 9.52. The minimum absolute atomic E-state index is 0. The van der Waals surface area contributed by atoms with Gasteiger partial charge in [0.05, 0.1) is 0 Å². The largest absolute Gasteiger partial charge is 0.368 e. The molecule has 4 N–H and O–H groups in total. The van der Waals surface area contributed by atoms with E-state index in [1.54, 1.807) is 6.07 Å². The van der Waals surface area contributed by atoms with Crippen LogP contribution in [0.3, 0.4) is 0 Å². The van der Waals surface area contributed by atoms with Crippen LogP contribution < -0.4 is 16.6 Å². The van der Waals surface area contributed by atoms with Gasteiger partial charge in [0.15, 0.2) is 11.6 Å². The van der Waals surface area contributed by atoms with Gasteiger partial charge in [-0.15, -0.1) is 24.8 Å². The molecule has 2 aliphatic carbocycles. The first-order chi connectivity index (χ1) is 12.3. The van der Waals surface area contributed by atoms with Gasteiger partial charge in [-0.25, -0.2) is 0 Å². The number of aromatic nitrogens is 2. The fraction of sp³-hybridized carbons (Fsp3) is 0.667. The highest BCUT2D eigenvalue weighted by atomic mass is 35.5. The topological polar surface area (TPSA) is 101 Å². The molecule has 2 saturated carbocycles. The van der Waals surface area contributed by atoms with Crippen LogP contribution in [0.1, 0.15) is 64.2 Å². The molecular weight excluding hydrogens is 385 g/mol. The number of hydrogen-bond donors (Lipinski definition) is 3. The van der Waals surface area contributed by atoms with Gasteiger partial charge >= 0.3 is 0 Å². The molecule has 2 fully saturated rings. The Morgan fingerprint density at radius 3 is 1.59 bits per heavy atom. The van der Waals surface area contributed by atoms with Crippen LogP contribution in [0.15, 0.2) is 16.3 Å². The van der Waals surface area contributed by atoms with Gasteiger partial charge < -0.3 is 5.73 Å². The average Bonchev–Trinajstić information content (AvgIpc) is 2.63. The van der Waals surface area contributed by atoms with Gasteiger partial charge in [0.2, 0.25) is 5.95 Å². The highest BCUT2D eigenvalue weighted by molar-refractivity contribution is 5.85. The number of rotatable bonds is 6. The predicted octanol–water partition coefficient (Wildman–Crippen LogP) is 4.86. The van der Waals surface area contributed by atoms with Crippen molar-refractivity contribution >= 4 is 54.8 Å². The van der Waals surface area contributed by atoms with Crippen LogP contribution in [0.2, 0.25) is 0 Å². The summed E-state index contributed by atoms with van der Waals surface area (Å²) in [6, 6.07) is 1.77. The summed E-state index contributed by atoms with van der Waals surface area (Å²) in [7, 11) is 0. The number of nitrogens with two attached hydrogens (primary N) is 1. The summed E-state index contributed by atoms with van der Waals surface area (Å²) in [5.41, 5.74) is 11.7. The molecule has 7 nitrogen and oxygen atoms in total. The highest BCUT2D eigenvalue weighted by Crippen LogP contribution is 2.23. The second kappa shape index (κ2) is 12.7. The number of nitrogen functional groups attached to an aromatic ring is 1. The lowest BCUT2D eigenvalue weighted by molar-refractivity contribution is 0.445. The number of anilines is 3. The summed E-state index contributed by atoms with van der Waals surface area (Å²) in [6.07, 6.45) is 16.7. The van der Waals surface area contributed by atoms with Crippen molar-refractivity contribution in [3.63, 3.8) is 0 Å². The summed E-state index contributed by atoms with van der Waals surface area (Å²) in [5, 5.41) is 8.63. The van der Waals surface area contributed by atoms with Crippen LogP contribution in [-0.2, 0) is 0 Å². The molecule has 0 unspecified atom stereocenters. The summed E-state index contributed by atoms with van der Waals surface area (Å²) in [6.45, 7) is 0. The quantitative estimate of drug-likeness (QED) is 0.454. The fourth-order valence-electron chi connectivity index (χ4n) is 3.56. The van der Waals surface area contributed by atoms with Crippen molar-refractivity contribution in [2.24, 2.45) is 22.0 Å². The Kier molecular flexibility index (Phi) is 11.0. The summed E-state index contributed by atoms with van der Waals surface area (Å²) in [4.78, 5) is 8.33. The summed E-state index contributed by atoms with van der Waals surface area (Å²) >= 11 is 0. The molecule has 1 aromatic rings. The molecule has 0 amide bonds. The van der Waals surface area contributed by atoms with Crippen LogP contribution in [0.5, 0.6) is 0 Å². The average molecular weight is 416 g/mol. The van der Waals surface area contributed by atoms with Crippen molar-refractivity contribution < 1.29 is 0 Å². The van der Waals surface area contributed by atoms with Crippen molar-refractivity contribution in [2.75, 3.05) is 16.6 Å². The van der Waals surface area contributed by atoms with Gasteiger partial charge in [-0.1, -0.05) is 38.5 Å². The number of nitrogens with zero attached hydrogens (tertiary/aromatic N) is 4. The maximum Gasteiger partial charge on any atom is 0.224 e. The molecule has 0 atom stereocenters. The monoisotopic (exact) mass is 415 g/mol. The van der Waals surface area contributed by atoms with E-state index in [1.165, 1.54) is 64.2 Å². The van der Waals surface area contributed by atoms with E-state index < -0.39 is 0 Å². The zero-order chi connectivity index (χ0) is 17.3. The standard InChI is InChI=1S/C18H29N7.2ClH/c19-18-22-16(24-20-12-14-7-3-1-4-8-14)11-17(23-18)25-21-13-15-9-5-2-6-10-15;;/h11-15H,1-10H2,(H4,19,22,23,24,25);2*1H. The lowest BCUT2D eigenvalue weighted by Crippen LogP contribution is -2.09. The van der Waals surface area contributed by atoms with E-state index in [4.69, 9.17) is 5.73 Å². The molecular formula is C18H31Cl2N7. The van der Waals surface area contributed by atoms with Crippen molar-refractivity contribution in [3.05, 3.63) is 6.07 Å². The molecule has 1 heterocycles. The first-order valence-electron chi connectivity index (χ1n) is 9.52. The number of halogens is 2. The highest BCUT2D eigenvalue weighted by Gasteiger charge is 2.11. The Balaban J connectivity index is 0.00000182. The van der Waals surface area contributed by atoms with Crippen molar-refractivity contribution in [1.82, 2.24) is 9.97 Å². The Hall–Kier alpha value is -1.60. The Labute approximate surface area is 173 Å². The van der Waals surface area contributed by atoms with Gasteiger partial charge in [-0.05, 0) is 37.5 Å². The molecule has 2 aliphatic rings. The molecule has 9 heteroatoms. The van der Waals surface area contributed by atoms with Crippen LogP contribution in [0.25, 0.3) is 0 Å². The molecule has 0 saturated heterocycles. The summed E-state index contributed by atoms with van der Waals surface area (Å²) < 4.78 is 0. The SMILES string of the molecule is Cl.Cl.Nc1nc(NN=CC2CCCCC2)cc(NN=CC2CCCCC2)n1. The number of hydrogen-bond acceptors (Lipinski definition) is 7. The van der Waals surface area contributed by atoms with Crippen molar-refractivity contribution in [2.45, 2.75) is 64.2 Å². The van der Waals surface area contributed by atoms with Crippen LogP contribution in [-0.4, -0.2) is 22.4 Å². The molecule has 0 bridgehead atoms. The van der Waals surface area contributed by atoms with Crippen molar-refractivity contribution in [3.8, 4) is 0 Å². The zero-order valence-corrected chi connectivity index (χ0v) is 17.3. The molecule has 27 heavy (non-hydrogen) atoms. The molecule has 0 radical (unpaired) electrons. The maximum atomic E-state index is 5.78. The lowest BCUT2D eigenvalue weighted by Gasteiger charge is -2.17. The molecule has 1 aromatic heterocycles. The van der Waals surface area contributed by atoms with E-state index in [-0.39, 0.29) is 30.8 Å². The van der Waals surface area contributed by atoms with E-state index >= 15 is 0 Å². The van der Waals surface area contributed by atoms with Gasteiger partial charge in [-0.3, -0.25) is 10.9 Å². The zero-order valence-electron chi connectivity index (χ0n) is 15.6. The Bertz CT molecular complexity index is 549. The minimum Gasteiger partial charge on any atom is -0.368 e. The fourth-order valence-corrected chi connectivity index (χ4v) is 3.56.